The molecule has 3 nitrogen and oxygen atoms in total. The first kappa shape index (κ1) is 9.71. The number of rotatable bonds is 3. The zero-order valence-electron chi connectivity index (χ0n) is 9.07. The van der Waals surface area contributed by atoms with Crippen molar-refractivity contribution in [2.24, 2.45) is 11.3 Å². The van der Waals surface area contributed by atoms with Crippen LogP contribution >= 0.6 is 0 Å². The molecule has 3 heteroatoms. The molecule has 1 saturated carbocycles. The molecule has 0 aromatic carbocycles. The third-order valence-corrected chi connectivity index (χ3v) is 3.29. The first-order chi connectivity index (χ1) is 6.54. The van der Waals surface area contributed by atoms with E-state index in [9.17, 15) is 5.11 Å². The van der Waals surface area contributed by atoms with E-state index < -0.39 is 0 Å². The molecule has 1 aromatic rings. The van der Waals surface area contributed by atoms with E-state index in [-0.39, 0.29) is 6.10 Å². The molecule has 0 amide bonds. The van der Waals surface area contributed by atoms with Crippen molar-refractivity contribution < 1.29 is 5.11 Å². The van der Waals surface area contributed by atoms with Gasteiger partial charge >= 0.3 is 0 Å². The van der Waals surface area contributed by atoms with Gasteiger partial charge in [-0.15, -0.1) is 0 Å². The fraction of sp³-hybridized carbons (Fsp3) is 0.727. The average molecular weight is 194 g/mol. The largest absolute Gasteiger partial charge is 0.388 e. The van der Waals surface area contributed by atoms with E-state index in [1.165, 1.54) is 0 Å². The van der Waals surface area contributed by atoms with Crippen LogP contribution in [0.3, 0.4) is 0 Å². The van der Waals surface area contributed by atoms with Crippen molar-refractivity contribution in [2.45, 2.75) is 39.8 Å². The summed E-state index contributed by atoms with van der Waals surface area (Å²) in [4.78, 5) is 0. The fourth-order valence-corrected chi connectivity index (χ4v) is 1.98. The van der Waals surface area contributed by atoms with E-state index in [0.717, 1.165) is 18.5 Å². The predicted octanol–water partition coefficient (Wildman–Crippen LogP) is 1.98. The Balaban J connectivity index is 2.08. The topological polar surface area (TPSA) is 38.0 Å². The van der Waals surface area contributed by atoms with E-state index in [0.29, 0.717) is 11.3 Å². The lowest BCUT2D eigenvalue weighted by Gasteiger charge is -2.09. The standard InChI is InChI=1S/C11H18N2O/c1-4-13-7-8(6-12-13)10(14)9-5-11(9,2)3/h6-7,9-10,14H,4-5H2,1-3H3. The van der Waals surface area contributed by atoms with E-state index in [1.807, 2.05) is 17.8 Å². The van der Waals surface area contributed by atoms with E-state index >= 15 is 0 Å². The Morgan fingerprint density at radius 2 is 2.36 bits per heavy atom. The van der Waals surface area contributed by atoms with Gasteiger partial charge in [0.2, 0.25) is 0 Å². The third-order valence-electron chi connectivity index (χ3n) is 3.29. The molecule has 2 unspecified atom stereocenters. The summed E-state index contributed by atoms with van der Waals surface area (Å²) in [6.07, 6.45) is 4.51. The van der Waals surface area contributed by atoms with Crippen LogP contribution < -0.4 is 0 Å². The van der Waals surface area contributed by atoms with Crippen LogP contribution in [-0.4, -0.2) is 14.9 Å². The molecule has 1 aliphatic carbocycles. The van der Waals surface area contributed by atoms with Crippen molar-refractivity contribution in [3.8, 4) is 0 Å². The van der Waals surface area contributed by atoms with Gasteiger partial charge in [-0.05, 0) is 24.7 Å². The predicted molar refractivity (Wildman–Crippen MR) is 54.7 cm³/mol. The zero-order valence-corrected chi connectivity index (χ0v) is 9.07. The van der Waals surface area contributed by atoms with Gasteiger partial charge in [-0.25, -0.2) is 0 Å². The smallest absolute Gasteiger partial charge is 0.0853 e. The maximum Gasteiger partial charge on any atom is 0.0853 e. The lowest BCUT2D eigenvalue weighted by atomic mass is 10.0. The van der Waals surface area contributed by atoms with Crippen LogP contribution in [0.15, 0.2) is 12.4 Å². The Labute approximate surface area is 84.7 Å². The number of nitrogens with zero attached hydrogens (tertiary/aromatic N) is 2. The van der Waals surface area contributed by atoms with Gasteiger partial charge in [-0.1, -0.05) is 13.8 Å². The Morgan fingerprint density at radius 1 is 1.71 bits per heavy atom. The molecule has 1 aliphatic rings. The van der Waals surface area contributed by atoms with E-state index in [4.69, 9.17) is 0 Å². The van der Waals surface area contributed by atoms with Crippen molar-refractivity contribution in [2.75, 3.05) is 0 Å². The Kier molecular flexibility index (Phi) is 2.14. The lowest BCUT2D eigenvalue weighted by Crippen LogP contribution is -2.03. The highest BCUT2D eigenvalue weighted by Gasteiger charge is 2.50. The monoisotopic (exact) mass is 194 g/mol. The van der Waals surface area contributed by atoms with Crippen LogP contribution in [0.25, 0.3) is 0 Å². The van der Waals surface area contributed by atoms with Crippen molar-refractivity contribution in [3.05, 3.63) is 18.0 Å². The molecule has 14 heavy (non-hydrogen) atoms. The van der Waals surface area contributed by atoms with Gasteiger partial charge in [0.05, 0.1) is 12.3 Å². The van der Waals surface area contributed by atoms with Gasteiger partial charge in [0, 0.05) is 18.3 Å². The maximum absolute atomic E-state index is 10.1. The van der Waals surface area contributed by atoms with Crippen LogP contribution in [0.5, 0.6) is 0 Å². The average Bonchev–Trinajstić information content (AvgIpc) is 2.64. The number of aliphatic hydroxyl groups excluding tert-OH is 1. The summed E-state index contributed by atoms with van der Waals surface area (Å²) >= 11 is 0. The highest BCUT2D eigenvalue weighted by molar-refractivity contribution is 5.15. The SMILES string of the molecule is CCn1cc(C(O)C2CC2(C)C)cn1. The van der Waals surface area contributed by atoms with Crippen LogP contribution in [-0.2, 0) is 6.54 Å². The third kappa shape index (κ3) is 1.57. The molecule has 0 radical (unpaired) electrons. The van der Waals surface area contributed by atoms with Crippen LogP contribution in [0, 0.1) is 11.3 Å². The maximum atomic E-state index is 10.1. The Morgan fingerprint density at radius 3 is 2.79 bits per heavy atom. The van der Waals surface area contributed by atoms with E-state index in [1.54, 1.807) is 6.20 Å². The highest BCUT2D eigenvalue weighted by atomic mass is 16.3. The second kappa shape index (κ2) is 3.09. The molecule has 1 N–H and O–H groups in total. The molecule has 1 aromatic heterocycles. The van der Waals surface area contributed by atoms with Crippen molar-refractivity contribution in [1.82, 2.24) is 9.78 Å². The van der Waals surface area contributed by atoms with Gasteiger partial charge < -0.3 is 5.11 Å². The normalized spacial score (nSPS) is 26.1. The summed E-state index contributed by atoms with van der Waals surface area (Å²) in [5, 5.41) is 14.2. The van der Waals surface area contributed by atoms with Crippen LogP contribution in [0.2, 0.25) is 0 Å². The molecule has 0 saturated heterocycles. The summed E-state index contributed by atoms with van der Waals surface area (Å²) in [6.45, 7) is 7.31. The molecule has 2 rings (SSSR count). The van der Waals surface area contributed by atoms with Crippen molar-refractivity contribution in [1.29, 1.82) is 0 Å². The summed E-state index contributed by atoms with van der Waals surface area (Å²) in [5.74, 6) is 0.414. The van der Waals surface area contributed by atoms with Crippen LogP contribution in [0.4, 0.5) is 0 Å². The number of aromatic nitrogens is 2. The first-order valence-corrected chi connectivity index (χ1v) is 5.25. The fourth-order valence-electron chi connectivity index (χ4n) is 1.98. The van der Waals surface area contributed by atoms with Crippen LogP contribution in [0.1, 0.15) is 38.9 Å². The van der Waals surface area contributed by atoms with Gasteiger partial charge in [0.25, 0.3) is 0 Å². The molecule has 1 heterocycles. The first-order valence-electron chi connectivity index (χ1n) is 5.25. The summed E-state index contributed by atoms with van der Waals surface area (Å²) in [6, 6.07) is 0. The van der Waals surface area contributed by atoms with Gasteiger partial charge in [0.1, 0.15) is 0 Å². The highest BCUT2D eigenvalue weighted by Crippen LogP contribution is 2.57. The minimum Gasteiger partial charge on any atom is -0.388 e. The second-order valence-corrected chi connectivity index (χ2v) is 4.87. The minimum atomic E-state index is -0.328. The molecular weight excluding hydrogens is 176 g/mol. The van der Waals surface area contributed by atoms with Gasteiger partial charge in [-0.3, -0.25) is 4.68 Å². The number of aryl methyl sites for hydroxylation is 1. The summed E-state index contributed by atoms with van der Waals surface area (Å²) in [7, 11) is 0. The lowest BCUT2D eigenvalue weighted by molar-refractivity contribution is 0.138. The second-order valence-electron chi connectivity index (χ2n) is 4.87. The zero-order chi connectivity index (χ0) is 10.3. The Bertz CT molecular complexity index is 330. The molecule has 0 spiro atoms. The molecule has 1 fully saturated rings. The van der Waals surface area contributed by atoms with Gasteiger partial charge in [0.15, 0.2) is 0 Å². The number of hydrogen-bond donors (Lipinski definition) is 1. The molecule has 0 aliphatic heterocycles. The van der Waals surface area contributed by atoms with E-state index in [2.05, 4.69) is 18.9 Å². The quantitative estimate of drug-likeness (QED) is 0.799. The van der Waals surface area contributed by atoms with Crippen molar-refractivity contribution in [3.63, 3.8) is 0 Å². The Hall–Kier alpha value is -0.830. The van der Waals surface area contributed by atoms with Gasteiger partial charge in [-0.2, -0.15) is 5.10 Å². The summed E-state index contributed by atoms with van der Waals surface area (Å²) < 4.78 is 1.86. The number of hydrogen-bond acceptors (Lipinski definition) is 2. The molecule has 78 valence electrons. The van der Waals surface area contributed by atoms with Crippen molar-refractivity contribution >= 4 is 0 Å². The molecular formula is C11H18N2O. The summed E-state index contributed by atoms with van der Waals surface area (Å²) in [5.41, 5.74) is 1.27. The molecule has 2 atom stereocenters. The number of aliphatic hydroxyl groups is 1. The minimum absolute atomic E-state index is 0.313. The molecule has 0 bridgehead atoms.